The predicted molar refractivity (Wildman–Crippen MR) is 125 cm³/mol. The average Bonchev–Trinajstić information content (AvgIpc) is 3.29. The first-order valence-corrected chi connectivity index (χ1v) is 12.3. The van der Waals surface area contributed by atoms with Crippen LogP contribution >= 0.6 is 0 Å². The highest BCUT2D eigenvalue weighted by Crippen LogP contribution is 2.45. The number of fused-ring (bicyclic) bond motifs is 3. The number of ether oxygens (including phenoxy) is 3. The van der Waals surface area contributed by atoms with Gasteiger partial charge in [0, 0.05) is 25.6 Å². The molecule has 0 spiro atoms. The summed E-state index contributed by atoms with van der Waals surface area (Å²) in [4.78, 5) is 15.2. The van der Waals surface area contributed by atoms with Crippen LogP contribution < -0.4 is 14.8 Å². The lowest BCUT2D eigenvalue weighted by molar-refractivity contribution is -0.147. The molecule has 0 unspecified atom stereocenters. The highest BCUT2D eigenvalue weighted by molar-refractivity contribution is 5.69. The largest absolute Gasteiger partial charge is 0.493 e. The Morgan fingerprint density at radius 2 is 1.97 bits per heavy atom. The Kier molecular flexibility index (Phi) is 7.62. The molecule has 0 saturated carbocycles. The van der Waals surface area contributed by atoms with Gasteiger partial charge in [-0.05, 0) is 85.7 Å². The lowest BCUT2D eigenvalue weighted by Gasteiger charge is -2.47. The number of piperidine rings is 1. The van der Waals surface area contributed by atoms with Crippen molar-refractivity contribution in [3.63, 3.8) is 0 Å². The molecule has 0 amide bonds. The highest BCUT2D eigenvalue weighted by Gasteiger charge is 2.40. The molecule has 32 heavy (non-hydrogen) atoms. The maximum absolute atomic E-state index is 12.5. The Morgan fingerprint density at radius 1 is 1.19 bits per heavy atom. The molecule has 0 bridgehead atoms. The van der Waals surface area contributed by atoms with E-state index in [1.165, 1.54) is 17.5 Å². The van der Waals surface area contributed by atoms with Gasteiger partial charge in [0.1, 0.15) is 0 Å². The van der Waals surface area contributed by atoms with Gasteiger partial charge in [0.2, 0.25) is 0 Å². The number of carbonyl (C=O) groups is 1. The number of esters is 1. The summed E-state index contributed by atoms with van der Waals surface area (Å²) in [5.41, 5.74) is 2.71. The van der Waals surface area contributed by atoms with E-state index in [-0.39, 0.29) is 5.97 Å². The fraction of sp³-hybridized carbons (Fsp3) is 0.731. The molecule has 1 aromatic carbocycles. The van der Waals surface area contributed by atoms with Crippen LogP contribution in [0.25, 0.3) is 0 Å². The van der Waals surface area contributed by atoms with Crippen LogP contribution in [0.1, 0.15) is 56.7 Å². The fourth-order valence-electron chi connectivity index (χ4n) is 5.96. The Balaban J connectivity index is 1.48. The van der Waals surface area contributed by atoms with Gasteiger partial charge in [0.05, 0.1) is 20.8 Å². The highest BCUT2D eigenvalue weighted by atomic mass is 16.5. The molecule has 0 radical (unpaired) electrons. The second-order valence-corrected chi connectivity index (χ2v) is 10.3. The van der Waals surface area contributed by atoms with Crippen LogP contribution in [0, 0.1) is 23.7 Å². The van der Waals surface area contributed by atoms with E-state index in [0.29, 0.717) is 42.7 Å². The standard InChI is InChI=1S/C26H40N2O4/c1-17(2)9-20-15-28-8-6-19-12-24(30-3)25(31-4)13-22(19)23(28)11-21(20)16-32-26(29)10-18-5-7-27-14-18/h12-13,17-18,20-21,23,27H,5-11,14-16H2,1-4H3/t18-,20-,21+,23-/m1/s1. The Morgan fingerprint density at radius 3 is 2.66 bits per heavy atom. The summed E-state index contributed by atoms with van der Waals surface area (Å²) < 4.78 is 17.0. The van der Waals surface area contributed by atoms with Gasteiger partial charge >= 0.3 is 5.97 Å². The number of hydrogen-bond acceptors (Lipinski definition) is 6. The number of nitrogens with one attached hydrogen (secondary N) is 1. The summed E-state index contributed by atoms with van der Waals surface area (Å²) in [5.74, 6) is 3.60. The minimum Gasteiger partial charge on any atom is -0.493 e. The van der Waals surface area contributed by atoms with E-state index in [4.69, 9.17) is 14.2 Å². The van der Waals surface area contributed by atoms with Gasteiger partial charge in [-0.2, -0.15) is 0 Å². The van der Waals surface area contributed by atoms with Crippen molar-refractivity contribution in [2.75, 3.05) is 47.0 Å². The minimum absolute atomic E-state index is 0.0279. The van der Waals surface area contributed by atoms with Crippen molar-refractivity contribution in [1.82, 2.24) is 10.2 Å². The summed E-state index contributed by atoms with van der Waals surface area (Å²) in [5, 5.41) is 3.34. The van der Waals surface area contributed by atoms with Crippen LogP contribution in [0.3, 0.4) is 0 Å². The molecule has 3 heterocycles. The third-order valence-corrected chi connectivity index (χ3v) is 7.63. The van der Waals surface area contributed by atoms with Crippen molar-refractivity contribution < 1.29 is 19.0 Å². The SMILES string of the molecule is COc1cc2c(cc1OC)[C@H]1C[C@@H](COC(=O)C[C@H]3CCNC3)[C@H](CC(C)C)CN1CC2. The molecule has 4 atom stereocenters. The second kappa shape index (κ2) is 10.4. The number of hydrogen-bond donors (Lipinski definition) is 1. The molecule has 0 aromatic heterocycles. The first kappa shape index (κ1) is 23.4. The van der Waals surface area contributed by atoms with Crippen LogP contribution in [-0.4, -0.2) is 57.9 Å². The zero-order chi connectivity index (χ0) is 22.7. The molecular formula is C26H40N2O4. The van der Waals surface area contributed by atoms with Crippen molar-refractivity contribution in [3.8, 4) is 11.5 Å². The molecule has 3 aliphatic rings. The Hall–Kier alpha value is -1.79. The van der Waals surface area contributed by atoms with Crippen LogP contribution in [0.4, 0.5) is 0 Å². The molecule has 0 aliphatic carbocycles. The summed E-state index contributed by atoms with van der Waals surface area (Å²) >= 11 is 0. The van der Waals surface area contributed by atoms with Gasteiger partial charge in [-0.15, -0.1) is 0 Å². The van der Waals surface area contributed by atoms with Crippen LogP contribution in [0.15, 0.2) is 12.1 Å². The fourth-order valence-corrected chi connectivity index (χ4v) is 5.96. The van der Waals surface area contributed by atoms with Crippen LogP contribution in [0.2, 0.25) is 0 Å². The molecule has 1 N–H and O–H groups in total. The smallest absolute Gasteiger partial charge is 0.306 e. The molecule has 6 heteroatoms. The number of rotatable bonds is 8. The molecular weight excluding hydrogens is 404 g/mol. The van der Waals surface area contributed by atoms with Crippen LogP contribution in [-0.2, 0) is 16.0 Å². The van der Waals surface area contributed by atoms with E-state index in [2.05, 4.69) is 36.2 Å². The van der Waals surface area contributed by atoms with E-state index in [9.17, 15) is 4.79 Å². The Bertz CT molecular complexity index is 790. The van der Waals surface area contributed by atoms with Gasteiger partial charge in [-0.1, -0.05) is 13.8 Å². The molecule has 4 rings (SSSR count). The second-order valence-electron chi connectivity index (χ2n) is 10.3. The van der Waals surface area contributed by atoms with Gasteiger partial charge in [0.25, 0.3) is 0 Å². The number of methoxy groups -OCH3 is 2. The monoisotopic (exact) mass is 444 g/mol. The van der Waals surface area contributed by atoms with Crippen molar-refractivity contribution in [3.05, 3.63) is 23.3 Å². The van der Waals surface area contributed by atoms with E-state index in [1.807, 2.05) is 0 Å². The normalized spacial score (nSPS) is 27.7. The maximum atomic E-state index is 12.5. The predicted octanol–water partition coefficient (Wildman–Crippen LogP) is 3.83. The van der Waals surface area contributed by atoms with Crippen molar-refractivity contribution in [2.45, 2.75) is 52.0 Å². The number of nitrogens with zero attached hydrogens (tertiary/aromatic N) is 1. The molecule has 2 saturated heterocycles. The number of carbonyl (C=O) groups excluding carboxylic acids is 1. The first-order valence-electron chi connectivity index (χ1n) is 12.3. The zero-order valence-corrected chi connectivity index (χ0v) is 20.2. The van der Waals surface area contributed by atoms with E-state index < -0.39 is 0 Å². The molecule has 1 aromatic rings. The lowest BCUT2D eigenvalue weighted by atomic mass is 9.74. The van der Waals surface area contributed by atoms with Crippen molar-refractivity contribution >= 4 is 5.97 Å². The Labute approximate surface area is 193 Å². The molecule has 6 nitrogen and oxygen atoms in total. The lowest BCUT2D eigenvalue weighted by Crippen LogP contribution is -2.47. The van der Waals surface area contributed by atoms with E-state index in [0.717, 1.165) is 56.9 Å². The maximum Gasteiger partial charge on any atom is 0.306 e. The molecule has 178 valence electrons. The third kappa shape index (κ3) is 5.23. The van der Waals surface area contributed by atoms with Crippen LogP contribution in [0.5, 0.6) is 11.5 Å². The van der Waals surface area contributed by atoms with Gasteiger partial charge in [-0.3, -0.25) is 9.69 Å². The minimum atomic E-state index is -0.0279. The first-order chi connectivity index (χ1) is 15.5. The molecule has 3 aliphatic heterocycles. The quantitative estimate of drug-likeness (QED) is 0.615. The number of benzene rings is 1. The topological polar surface area (TPSA) is 60.0 Å². The molecule has 2 fully saturated rings. The summed E-state index contributed by atoms with van der Waals surface area (Å²) in [7, 11) is 3.40. The van der Waals surface area contributed by atoms with Gasteiger partial charge in [-0.25, -0.2) is 0 Å². The average molecular weight is 445 g/mol. The van der Waals surface area contributed by atoms with E-state index in [1.54, 1.807) is 14.2 Å². The zero-order valence-electron chi connectivity index (χ0n) is 20.2. The van der Waals surface area contributed by atoms with Gasteiger partial charge in [0.15, 0.2) is 11.5 Å². The summed E-state index contributed by atoms with van der Waals surface area (Å²) in [6.07, 6.45) is 4.86. The summed E-state index contributed by atoms with van der Waals surface area (Å²) in [6.45, 7) is 9.24. The van der Waals surface area contributed by atoms with Crippen molar-refractivity contribution in [2.24, 2.45) is 23.7 Å². The third-order valence-electron chi connectivity index (χ3n) is 7.63. The van der Waals surface area contributed by atoms with Gasteiger partial charge < -0.3 is 19.5 Å². The van der Waals surface area contributed by atoms with Crippen molar-refractivity contribution in [1.29, 1.82) is 0 Å². The van der Waals surface area contributed by atoms with E-state index >= 15 is 0 Å². The summed E-state index contributed by atoms with van der Waals surface area (Å²) in [6, 6.07) is 4.67.